The summed E-state index contributed by atoms with van der Waals surface area (Å²) in [5, 5.41) is 0. The van der Waals surface area contributed by atoms with E-state index < -0.39 is 5.69 Å². The van der Waals surface area contributed by atoms with E-state index >= 15 is 0 Å². The Balaban J connectivity index is 1.95. The summed E-state index contributed by atoms with van der Waals surface area (Å²) in [5.74, 6) is 1.35. The van der Waals surface area contributed by atoms with Gasteiger partial charge in [0.15, 0.2) is 0 Å². The van der Waals surface area contributed by atoms with Crippen molar-refractivity contribution in [1.29, 1.82) is 0 Å². The third kappa shape index (κ3) is 2.53. The lowest BCUT2D eigenvalue weighted by Crippen LogP contribution is -2.51. The molecule has 1 aromatic heterocycles. The van der Waals surface area contributed by atoms with Gasteiger partial charge in [0.1, 0.15) is 5.60 Å². The average molecular weight is 340 g/mol. The van der Waals surface area contributed by atoms with Crippen LogP contribution in [-0.4, -0.2) is 15.2 Å². The molecule has 1 aliphatic heterocycles. The first-order chi connectivity index (χ1) is 11.9. The smallest absolute Gasteiger partial charge is 0.335 e. The topological polar surface area (TPSA) is 64.1 Å². The largest absolute Gasteiger partial charge is 0.472 e. The van der Waals surface area contributed by atoms with Crippen LogP contribution in [0.25, 0.3) is 5.69 Å². The molecule has 1 saturated carbocycles. The van der Waals surface area contributed by atoms with Gasteiger partial charge >= 0.3 is 5.69 Å². The van der Waals surface area contributed by atoms with E-state index in [1.54, 1.807) is 12.1 Å². The van der Waals surface area contributed by atoms with Crippen LogP contribution in [0.15, 0.2) is 39.9 Å². The van der Waals surface area contributed by atoms with Gasteiger partial charge in [-0.05, 0) is 44.7 Å². The minimum atomic E-state index is -0.451. The zero-order valence-corrected chi connectivity index (χ0v) is 14.9. The van der Waals surface area contributed by atoms with E-state index in [1.807, 2.05) is 18.2 Å². The summed E-state index contributed by atoms with van der Waals surface area (Å²) in [6, 6.07) is 9.07. The van der Waals surface area contributed by atoms with Gasteiger partial charge in [-0.15, -0.1) is 0 Å². The molecule has 1 aromatic carbocycles. The molecule has 2 heterocycles. The van der Waals surface area contributed by atoms with Crippen LogP contribution in [0.1, 0.15) is 51.5 Å². The Bertz CT molecular complexity index is 911. The highest BCUT2D eigenvalue weighted by molar-refractivity contribution is 5.38. The number of hydrogen-bond acceptors (Lipinski definition) is 3. The number of para-hydroxylation sites is 1. The second kappa shape index (κ2) is 5.61. The molecule has 25 heavy (non-hydrogen) atoms. The quantitative estimate of drug-likeness (QED) is 0.867. The number of aromatic nitrogens is 2. The van der Waals surface area contributed by atoms with E-state index in [9.17, 15) is 9.59 Å². The molecule has 0 amide bonds. The van der Waals surface area contributed by atoms with Crippen LogP contribution >= 0.6 is 0 Å². The molecular formula is C20H24N2O3. The molecule has 2 aromatic rings. The zero-order valence-electron chi connectivity index (χ0n) is 14.9. The van der Waals surface area contributed by atoms with Crippen LogP contribution in [0.5, 0.6) is 5.88 Å². The van der Waals surface area contributed by atoms with Gasteiger partial charge in [0.25, 0.3) is 5.56 Å². The summed E-state index contributed by atoms with van der Waals surface area (Å²) in [7, 11) is 0. The van der Waals surface area contributed by atoms with E-state index in [4.69, 9.17) is 4.74 Å². The zero-order chi connectivity index (χ0) is 17.8. The van der Waals surface area contributed by atoms with Crippen LogP contribution in [-0.2, 0) is 0 Å². The summed E-state index contributed by atoms with van der Waals surface area (Å²) in [4.78, 5) is 28.7. The molecule has 3 atom stereocenters. The second-order valence-corrected chi connectivity index (χ2v) is 7.99. The molecule has 4 rings (SSSR count). The van der Waals surface area contributed by atoms with Crippen molar-refractivity contribution in [3.8, 4) is 11.6 Å². The Hall–Kier alpha value is -2.30. The Morgan fingerprint density at radius 2 is 1.88 bits per heavy atom. The normalized spacial score (nSPS) is 27.1. The van der Waals surface area contributed by atoms with E-state index in [2.05, 4.69) is 25.8 Å². The first-order valence-corrected chi connectivity index (χ1v) is 9.02. The molecule has 0 spiro atoms. The summed E-state index contributed by atoms with van der Waals surface area (Å²) in [6.45, 7) is 6.36. The van der Waals surface area contributed by atoms with Gasteiger partial charge < -0.3 is 4.74 Å². The summed E-state index contributed by atoms with van der Waals surface area (Å²) >= 11 is 0. The number of aromatic amines is 1. The highest BCUT2D eigenvalue weighted by atomic mass is 16.5. The lowest BCUT2D eigenvalue weighted by molar-refractivity contribution is -0.0190. The summed E-state index contributed by atoms with van der Waals surface area (Å²) in [5.41, 5.74) is 0.144. The minimum Gasteiger partial charge on any atom is -0.472 e. The highest BCUT2D eigenvalue weighted by Crippen LogP contribution is 2.50. The first-order valence-electron chi connectivity index (χ1n) is 9.02. The fourth-order valence-electron chi connectivity index (χ4n) is 4.62. The highest BCUT2D eigenvalue weighted by Gasteiger charge is 2.48. The molecule has 5 heteroatoms. The van der Waals surface area contributed by atoms with E-state index in [-0.39, 0.29) is 17.1 Å². The minimum absolute atomic E-state index is 0.127. The molecule has 3 unspecified atom stereocenters. The maximum atomic E-state index is 13.3. The van der Waals surface area contributed by atoms with Crippen LogP contribution < -0.4 is 16.0 Å². The van der Waals surface area contributed by atoms with Gasteiger partial charge in [0, 0.05) is 11.8 Å². The summed E-state index contributed by atoms with van der Waals surface area (Å²) < 4.78 is 7.34. The van der Waals surface area contributed by atoms with Gasteiger partial charge in [-0.3, -0.25) is 9.78 Å². The molecule has 5 nitrogen and oxygen atoms in total. The Morgan fingerprint density at radius 3 is 2.60 bits per heavy atom. The Kier molecular flexibility index (Phi) is 3.63. The van der Waals surface area contributed by atoms with Crippen molar-refractivity contribution in [3.05, 3.63) is 56.7 Å². The number of fused-ring (bicyclic) bond motifs is 3. The van der Waals surface area contributed by atoms with Crippen molar-refractivity contribution in [3.63, 3.8) is 0 Å². The number of ether oxygens (including phenoxy) is 1. The molecular weight excluding hydrogens is 316 g/mol. The van der Waals surface area contributed by atoms with Gasteiger partial charge in [-0.25, -0.2) is 9.36 Å². The standard InChI is InChI=1S/C20H24N2O3/c1-12-9-10-15-14(11-12)16-17(25-20(15,2)3)21-19(24)22(18(16)23)13-7-5-4-6-8-13/h4-8,12,14-15H,9-11H2,1-3H3,(H,21,24). The third-order valence-electron chi connectivity index (χ3n) is 5.86. The van der Waals surface area contributed by atoms with Crippen molar-refractivity contribution >= 4 is 0 Å². The van der Waals surface area contributed by atoms with Crippen molar-refractivity contribution in [2.75, 3.05) is 0 Å². The number of H-pyrrole nitrogens is 1. The maximum Gasteiger partial charge on any atom is 0.335 e. The van der Waals surface area contributed by atoms with Crippen LogP contribution in [0.2, 0.25) is 0 Å². The van der Waals surface area contributed by atoms with E-state index in [0.29, 0.717) is 29.0 Å². The van der Waals surface area contributed by atoms with E-state index in [1.165, 1.54) is 4.57 Å². The molecule has 1 fully saturated rings. The number of hydrogen-bond donors (Lipinski definition) is 1. The molecule has 1 N–H and O–H groups in total. The number of nitrogens with one attached hydrogen (secondary N) is 1. The molecule has 0 bridgehead atoms. The number of nitrogens with zero attached hydrogens (tertiary/aromatic N) is 1. The fraction of sp³-hybridized carbons (Fsp3) is 0.500. The lowest BCUT2D eigenvalue weighted by Gasteiger charge is -2.47. The SMILES string of the molecule is CC1CCC2C(C1)c1c([nH]c(=O)n(-c3ccccc3)c1=O)OC2(C)C. The predicted octanol–water partition coefficient (Wildman–Crippen LogP) is 3.22. The van der Waals surface area contributed by atoms with E-state index in [0.717, 1.165) is 19.3 Å². The van der Waals surface area contributed by atoms with Crippen molar-refractivity contribution in [2.24, 2.45) is 11.8 Å². The van der Waals surface area contributed by atoms with Crippen LogP contribution in [0.4, 0.5) is 0 Å². The number of rotatable bonds is 1. The van der Waals surface area contributed by atoms with Crippen molar-refractivity contribution in [2.45, 2.75) is 51.6 Å². The second-order valence-electron chi connectivity index (χ2n) is 7.99. The molecule has 1 aliphatic carbocycles. The maximum absolute atomic E-state index is 13.3. The number of benzene rings is 1. The van der Waals surface area contributed by atoms with Gasteiger partial charge in [0.05, 0.1) is 11.3 Å². The monoisotopic (exact) mass is 340 g/mol. The Labute approximate surface area is 146 Å². The molecule has 2 aliphatic rings. The fourth-order valence-corrected chi connectivity index (χ4v) is 4.62. The summed E-state index contributed by atoms with van der Waals surface area (Å²) in [6.07, 6.45) is 3.15. The van der Waals surface area contributed by atoms with Crippen LogP contribution in [0.3, 0.4) is 0 Å². The lowest BCUT2D eigenvalue weighted by atomic mass is 9.65. The third-order valence-corrected chi connectivity index (χ3v) is 5.86. The Morgan fingerprint density at radius 1 is 1.16 bits per heavy atom. The van der Waals surface area contributed by atoms with Gasteiger partial charge in [-0.2, -0.15) is 0 Å². The molecule has 132 valence electrons. The molecule has 0 radical (unpaired) electrons. The first kappa shape index (κ1) is 16.2. The van der Waals surface area contributed by atoms with Gasteiger partial charge in [-0.1, -0.05) is 31.5 Å². The predicted molar refractivity (Wildman–Crippen MR) is 96.6 cm³/mol. The van der Waals surface area contributed by atoms with Crippen LogP contribution in [0, 0.1) is 11.8 Å². The molecule has 0 saturated heterocycles. The van der Waals surface area contributed by atoms with Crippen molar-refractivity contribution < 1.29 is 4.74 Å². The van der Waals surface area contributed by atoms with Crippen molar-refractivity contribution in [1.82, 2.24) is 9.55 Å². The average Bonchev–Trinajstić information content (AvgIpc) is 2.54. The van der Waals surface area contributed by atoms with Gasteiger partial charge in [0.2, 0.25) is 5.88 Å².